The minimum atomic E-state index is -0.667. The van der Waals surface area contributed by atoms with Gasteiger partial charge in [0, 0.05) is 36.4 Å². The van der Waals surface area contributed by atoms with E-state index in [0.717, 1.165) is 16.9 Å². The molecule has 3 amide bonds. The van der Waals surface area contributed by atoms with Crippen LogP contribution in [-0.2, 0) is 11.2 Å². The maximum absolute atomic E-state index is 13.7. The van der Waals surface area contributed by atoms with E-state index < -0.39 is 5.91 Å². The number of amides is 3. The van der Waals surface area contributed by atoms with E-state index in [9.17, 15) is 14.4 Å². The molecule has 33 heavy (non-hydrogen) atoms. The van der Waals surface area contributed by atoms with Crippen molar-refractivity contribution >= 4 is 29.1 Å². The highest BCUT2D eigenvalue weighted by atomic mass is 16.5. The molecule has 0 bridgehead atoms. The Hall–Kier alpha value is -4.14. The summed E-state index contributed by atoms with van der Waals surface area (Å²) in [6.07, 6.45) is 1.01. The van der Waals surface area contributed by atoms with Crippen molar-refractivity contribution in [3.63, 3.8) is 0 Å². The van der Waals surface area contributed by atoms with Crippen molar-refractivity contribution in [3.8, 4) is 11.4 Å². The smallest absolute Gasteiger partial charge is 0.277 e. The summed E-state index contributed by atoms with van der Waals surface area (Å²) in [6.45, 7) is 3.02. The van der Waals surface area contributed by atoms with Gasteiger partial charge in [0.25, 0.3) is 11.8 Å². The predicted molar refractivity (Wildman–Crippen MR) is 122 cm³/mol. The number of rotatable bonds is 5. The highest BCUT2D eigenvalue weighted by Gasteiger charge is 2.35. The summed E-state index contributed by atoms with van der Waals surface area (Å²) in [5, 5.41) is 4.39. The number of aryl methyl sites for hydroxylation is 1. The van der Waals surface area contributed by atoms with Crippen LogP contribution in [0.2, 0.25) is 0 Å². The number of carbonyl (C=O) groups excluding carboxylic acids is 3. The number of anilines is 2. The number of β-lactam (4-membered cyclic amide) rings is 1. The topological polar surface area (TPSA) is 111 Å². The molecule has 2 aliphatic rings. The second-order valence-electron chi connectivity index (χ2n) is 8.12. The lowest BCUT2D eigenvalue weighted by Gasteiger charge is -2.33. The van der Waals surface area contributed by atoms with E-state index in [4.69, 9.17) is 10.5 Å². The van der Waals surface area contributed by atoms with Crippen LogP contribution in [0.5, 0.6) is 5.75 Å². The fourth-order valence-electron chi connectivity index (χ4n) is 4.40. The van der Waals surface area contributed by atoms with Gasteiger partial charge in [0.1, 0.15) is 11.4 Å². The van der Waals surface area contributed by atoms with E-state index >= 15 is 0 Å². The first-order valence-electron chi connectivity index (χ1n) is 10.7. The van der Waals surface area contributed by atoms with E-state index in [1.807, 2.05) is 25.1 Å². The standard InChI is InChI=1S/C24H23N5O4/c1-14-13-16(27-12-10-20(27)30)5-8-19(14)28-11-9-18-21(23(25)31)26-29(22(18)24(28)32)15-3-6-17(33-2)7-4-15/h3-8,13H,9-12H2,1-2H3,(H2,25,31). The van der Waals surface area contributed by atoms with Crippen LogP contribution in [0.4, 0.5) is 11.4 Å². The quantitative estimate of drug-likeness (QED) is 0.606. The van der Waals surface area contributed by atoms with Gasteiger partial charge in [-0.2, -0.15) is 5.10 Å². The Bertz CT molecular complexity index is 1290. The number of aromatic nitrogens is 2. The maximum atomic E-state index is 13.7. The molecule has 9 heteroatoms. The molecule has 2 aromatic carbocycles. The zero-order valence-corrected chi connectivity index (χ0v) is 18.4. The summed E-state index contributed by atoms with van der Waals surface area (Å²) in [6, 6.07) is 12.7. The number of methoxy groups -OCH3 is 1. The van der Waals surface area contributed by atoms with E-state index in [2.05, 4.69) is 5.10 Å². The summed E-state index contributed by atoms with van der Waals surface area (Å²) in [5.41, 5.74) is 9.65. The molecule has 3 aromatic rings. The first kappa shape index (κ1) is 20.7. The molecule has 5 rings (SSSR count). The van der Waals surface area contributed by atoms with Crippen LogP contribution < -0.4 is 20.3 Å². The largest absolute Gasteiger partial charge is 0.497 e. The van der Waals surface area contributed by atoms with Gasteiger partial charge < -0.3 is 20.3 Å². The number of fused-ring (bicyclic) bond motifs is 1. The molecule has 0 atom stereocenters. The van der Waals surface area contributed by atoms with Crippen molar-refractivity contribution in [1.82, 2.24) is 9.78 Å². The van der Waals surface area contributed by atoms with E-state index in [0.29, 0.717) is 48.6 Å². The normalized spacial score (nSPS) is 15.3. The molecule has 2 aliphatic heterocycles. The van der Waals surface area contributed by atoms with Gasteiger partial charge >= 0.3 is 0 Å². The highest BCUT2D eigenvalue weighted by Crippen LogP contribution is 2.33. The third kappa shape index (κ3) is 3.32. The minimum absolute atomic E-state index is 0.100. The van der Waals surface area contributed by atoms with Crippen molar-refractivity contribution < 1.29 is 19.1 Å². The Kier molecular flexibility index (Phi) is 4.88. The summed E-state index contributed by atoms with van der Waals surface area (Å²) in [7, 11) is 1.57. The molecular weight excluding hydrogens is 422 g/mol. The summed E-state index contributed by atoms with van der Waals surface area (Å²) in [5.74, 6) is -0.162. The molecule has 1 fully saturated rings. The second kappa shape index (κ2) is 7.77. The number of primary amides is 1. The predicted octanol–water partition coefficient (Wildman–Crippen LogP) is 2.23. The summed E-state index contributed by atoms with van der Waals surface area (Å²) in [4.78, 5) is 41.0. The van der Waals surface area contributed by atoms with Crippen LogP contribution in [0.25, 0.3) is 5.69 Å². The Morgan fingerprint density at radius 1 is 1.00 bits per heavy atom. The fraction of sp³-hybridized carbons (Fsp3) is 0.250. The molecule has 2 N–H and O–H groups in total. The Balaban J connectivity index is 1.55. The number of benzene rings is 2. The van der Waals surface area contributed by atoms with Gasteiger partial charge in [0.15, 0.2) is 5.69 Å². The minimum Gasteiger partial charge on any atom is -0.497 e. The monoisotopic (exact) mass is 445 g/mol. The average molecular weight is 445 g/mol. The maximum Gasteiger partial charge on any atom is 0.277 e. The van der Waals surface area contributed by atoms with Gasteiger partial charge in [-0.1, -0.05) is 0 Å². The summed E-state index contributed by atoms with van der Waals surface area (Å²) >= 11 is 0. The van der Waals surface area contributed by atoms with E-state index in [1.165, 1.54) is 4.68 Å². The molecule has 0 radical (unpaired) electrons. The van der Waals surface area contributed by atoms with Crippen LogP contribution in [0, 0.1) is 6.92 Å². The van der Waals surface area contributed by atoms with Gasteiger partial charge in [-0.05, 0) is 61.4 Å². The van der Waals surface area contributed by atoms with Gasteiger partial charge in [-0.3, -0.25) is 14.4 Å². The SMILES string of the molecule is COc1ccc(-n2nc(C(N)=O)c3c2C(=O)N(c2ccc(N4CCC4=O)cc2C)CC3)cc1. The average Bonchev–Trinajstić information content (AvgIpc) is 3.20. The molecular formula is C24H23N5O4. The molecule has 0 saturated carbocycles. The third-order valence-electron chi connectivity index (χ3n) is 6.20. The van der Waals surface area contributed by atoms with Crippen molar-refractivity contribution in [3.05, 3.63) is 65.0 Å². The lowest BCUT2D eigenvalue weighted by molar-refractivity contribution is -0.122. The van der Waals surface area contributed by atoms with Gasteiger partial charge in [0.05, 0.1) is 12.8 Å². The molecule has 1 saturated heterocycles. The van der Waals surface area contributed by atoms with Crippen LogP contribution in [0.1, 0.15) is 38.5 Å². The summed E-state index contributed by atoms with van der Waals surface area (Å²) < 4.78 is 6.69. The van der Waals surface area contributed by atoms with Crippen molar-refractivity contribution in [1.29, 1.82) is 0 Å². The fourth-order valence-corrected chi connectivity index (χ4v) is 4.40. The molecule has 0 spiro atoms. The van der Waals surface area contributed by atoms with E-state index in [-0.39, 0.29) is 17.5 Å². The second-order valence-corrected chi connectivity index (χ2v) is 8.12. The first-order valence-corrected chi connectivity index (χ1v) is 10.7. The van der Waals surface area contributed by atoms with E-state index in [1.54, 1.807) is 41.2 Å². The molecule has 0 unspecified atom stereocenters. The molecule has 1 aromatic heterocycles. The van der Waals surface area contributed by atoms with Crippen molar-refractivity contribution in [2.75, 3.05) is 30.0 Å². The molecule has 168 valence electrons. The molecule has 9 nitrogen and oxygen atoms in total. The van der Waals surface area contributed by atoms with Gasteiger partial charge in [-0.25, -0.2) is 4.68 Å². The zero-order valence-electron chi connectivity index (χ0n) is 18.4. The van der Waals surface area contributed by atoms with Gasteiger partial charge in [0.2, 0.25) is 5.91 Å². The first-order chi connectivity index (χ1) is 15.9. The Labute approximate surface area is 190 Å². The lowest BCUT2D eigenvalue weighted by atomic mass is 10.0. The van der Waals surface area contributed by atoms with Gasteiger partial charge in [-0.15, -0.1) is 0 Å². The number of hydrogen-bond acceptors (Lipinski definition) is 5. The number of nitrogens with zero attached hydrogens (tertiary/aromatic N) is 4. The van der Waals surface area contributed by atoms with Crippen molar-refractivity contribution in [2.24, 2.45) is 5.73 Å². The van der Waals surface area contributed by atoms with Crippen LogP contribution in [0.15, 0.2) is 42.5 Å². The van der Waals surface area contributed by atoms with Crippen LogP contribution in [-0.4, -0.2) is 47.7 Å². The van der Waals surface area contributed by atoms with Crippen LogP contribution >= 0.6 is 0 Å². The number of hydrogen-bond donors (Lipinski definition) is 1. The highest BCUT2D eigenvalue weighted by molar-refractivity contribution is 6.10. The zero-order chi connectivity index (χ0) is 23.3. The number of ether oxygens (including phenoxy) is 1. The molecule has 0 aliphatic carbocycles. The van der Waals surface area contributed by atoms with Crippen molar-refractivity contribution in [2.45, 2.75) is 19.8 Å². The lowest BCUT2D eigenvalue weighted by Crippen LogP contribution is -2.43. The Morgan fingerprint density at radius 3 is 2.27 bits per heavy atom. The Morgan fingerprint density at radius 2 is 1.70 bits per heavy atom. The molecule has 3 heterocycles. The number of carbonyl (C=O) groups is 3. The third-order valence-corrected chi connectivity index (χ3v) is 6.20. The van der Waals surface area contributed by atoms with Crippen LogP contribution in [0.3, 0.4) is 0 Å². The number of nitrogens with two attached hydrogens (primary N) is 1.